The summed E-state index contributed by atoms with van der Waals surface area (Å²) in [5.74, 6) is 1.82. The highest BCUT2D eigenvalue weighted by molar-refractivity contribution is 9.10. The largest absolute Gasteiger partial charge is 0.341 e. The first kappa shape index (κ1) is 30.6. The highest BCUT2D eigenvalue weighted by Crippen LogP contribution is 2.43. The van der Waals surface area contributed by atoms with Crippen molar-refractivity contribution >= 4 is 40.2 Å². The molecule has 2 atom stereocenters. The fourth-order valence-corrected chi connectivity index (χ4v) is 8.18. The van der Waals surface area contributed by atoms with Gasteiger partial charge in [-0.05, 0) is 74.4 Å². The summed E-state index contributed by atoms with van der Waals surface area (Å²) in [4.78, 5) is 34.1. The van der Waals surface area contributed by atoms with Crippen molar-refractivity contribution in [2.45, 2.75) is 70.3 Å². The Morgan fingerprint density at radius 2 is 1.51 bits per heavy atom. The van der Waals surface area contributed by atoms with E-state index in [1.807, 2.05) is 0 Å². The molecule has 3 heterocycles. The lowest BCUT2D eigenvalue weighted by atomic mass is 9.76. The molecular formula is C34H45BrClN3O2. The molecule has 2 aromatic rings. The Balaban J connectivity index is 0.00000337. The summed E-state index contributed by atoms with van der Waals surface area (Å²) < 4.78 is 1.07. The second kappa shape index (κ2) is 13.6. The molecule has 4 fully saturated rings. The Bertz CT molecular complexity index is 1160. The van der Waals surface area contributed by atoms with Crippen LogP contribution in [0.2, 0.25) is 0 Å². The molecule has 41 heavy (non-hydrogen) atoms. The van der Waals surface area contributed by atoms with Gasteiger partial charge in [-0.3, -0.25) is 9.59 Å². The SMILES string of the molecule is Cl.O=C(C1CCCCCC1)N1C[C@H](CN2CCC3(CC2)CCN(Cc2ccc(Br)cc2)C3=O)[C@@H](c2ccccc2)C1. The number of likely N-dealkylation sites (tertiary alicyclic amines) is 3. The molecule has 0 N–H and O–H groups in total. The fraction of sp³-hybridized carbons (Fsp3) is 0.588. The number of benzene rings is 2. The van der Waals surface area contributed by atoms with Gasteiger partial charge in [0, 0.05) is 49.0 Å². The maximum absolute atomic E-state index is 13.6. The predicted octanol–water partition coefficient (Wildman–Crippen LogP) is 6.90. The molecule has 0 aromatic heterocycles. The van der Waals surface area contributed by atoms with Crippen LogP contribution in [-0.4, -0.2) is 65.8 Å². The Kier molecular flexibility index (Phi) is 10.1. The molecule has 2 amide bonds. The van der Waals surface area contributed by atoms with E-state index in [9.17, 15) is 9.59 Å². The number of halogens is 2. The smallest absolute Gasteiger partial charge is 0.229 e. The van der Waals surface area contributed by atoms with Crippen molar-refractivity contribution in [3.8, 4) is 0 Å². The minimum absolute atomic E-state index is 0. The summed E-state index contributed by atoms with van der Waals surface area (Å²) in [5, 5.41) is 0. The van der Waals surface area contributed by atoms with Crippen LogP contribution in [0.4, 0.5) is 0 Å². The summed E-state index contributed by atoms with van der Waals surface area (Å²) in [6.45, 7) is 6.27. The number of amides is 2. The Morgan fingerprint density at radius 3 is 2.20 bits per heavy atom. The zero-order chi connectivity index (χ0) is 27.5. The van der Waals surface area contributed by atoms with Crippen molar-refractivity contribution < 1.29 is 9.59 Å². The molecule has 1 spiro atoms. The number of hydrogen-bond acceptors (Lipinski definition) is 3. The molecule has 1 aliphatic carbocycles. The molecule has 3 aliphatic heterocycles. The highest BCUT2D eigenvalue weighted by Gasteiger charge is 2.48. The lowest BCUT2D eigenvalue weighted by Gasteiger charge is -2.39. The van der Waals surface area contributed by atoms with E-state index in [0.717, 1.165) is 75.8 Å². The molecule has 3 saturated heterocycles. The third kappa shape index (κ3) is 6.86. The van der Waals surface area contributed by atoms with Crippen LogP contribution in [0, 0.1) is 17.3 Å². The van der Waals surface area contributed by atoms with E-state index in [1.165, 1.54) is 36.8 Å². The standard InChI is InChI=1S/C34H44BrN3O2.ClH/c35-30-14-12-26(13-15-30)22-37-21-18-34(33(37)40)16-19-36(20-17-34)23-29-24-38(25-31(29)27-8-6-3-7-9-27)32(39)28-10-4-1-2-5-11-28;/h3,6-9,12-15,28-29,31H,1-2,4-5,10-11,16-25H2;1H/t29-,31+;/m0./s1. The Morgan fingerprint density at radius 1 is 0.854 bits per heavy atom. The Hall–Kier alpha value is -1.89. The normalized spacial score (nSPS) is 25.3. The minimum Gasteiger partial charge on any atom is -0.341 e. The van der Waals surface area contributed by atoms with Crippen molar-refractivity contribution in [3.63, 3.8) is 0 Å². The summed E-state index contributed by atoms with van der Waals surface area (Å²) >= 11 is 3.51. The van der Waals surface area contributed by atoms with Crippen LogP contribution in [0.5, 0.6) is 0 Å². The minimum atomic E-state index is -0.179. The second-order valence-corrected chi connectivity index (χ2v) is 13.8. The summed E-state index contributed by atoms with van der Waals surface area (Å²) in [5.41, 5.74) is 2.39. The van der Waals surface area contributed by atoms with Crippen LogP contribution in [0.1, 0.15) is 74.8 Å². The van der Waals surface area contributed by atoms with Crippen molar-refractivity contribution in [3.05, 3.63) is 70.2 Å². The fourth-order valence-electron chi connectivity index (χ4n) is 7.91. The summed E-state index contributed by atoms with van der Waals surface area (Å²) in [7, 11) is 0. The maximum atomic E-state index is 13.6. The van der Waals surface area contributed by atoms with Gasteiger partial charge in [-0.1, -0.05) is 84.1 Å². The third-order valence-corrected chi connectivity index (χ3v) is 10.9. The van der Waals surface area contributed by atoms with Gasteiger partial charge >= 0.3 is 0 Å². The van der Waals surface area contributed by atoms with E-state index in [-0.39, 0.29) is 23.7 Å². The van der Waals surface area contributed by atoms with Crippen LogP contribution in [0.25, 0.3) is 0 Å². The molecule has 2 aromatic carbocycles. The van der Waals surface area contributed by atoms with E-state index in [1.54, 1.807) is 0 Å². The molecule has 4 aliphatic rings. The van der Waals surface area contributed by atoms with E-state index >= 15 is 0 Å². The zero-order valence-electron chi connectivity index (χ0n) is 24.2. The molecule has 1 saturated carbocycles. The van der Waals surface area contributed by atoms with E-state index < -0.39 is 0 Å². The molecule has 0 bridgehead atoms. The monoisotopic (exact) mass is 641 g/mol. The van der Waals surface area contributed by atoms with Crippen molar-refractivity contribution in [1.29, 1.82) is 0 Å². The average Bonchev–Trinajstić information content (AvgIpc) is 3.39. The van der Waals surface area contributed by atoms with Gasteiger partial charge < -0.3 is 14.7 Å². The number of nitrogens with zero attached hydrogens (tertiary/aromatic N) is 3. The predicted molar refractivity (Wildman–Crippen MR) is 170 cm³/mol. The number of carbonyl (C=O) groups excluding carboxylic acids is 2. The van der Waals surface area contributed by atoms with Gasteiger partial charge in [0.15, 0.2) is 0 Å². The third-order valence-electron chi connectivity index (χ3n) is 10.4. The van der Waals surface area contributed by atoms with E-state index in [4.69, 9.17) is 0 Å². The zero-order valence-corrected chi connectivity index (χ0v) is 26.6. The first-order valence-corrected chi connectivity index (χ1v) is 16.4. The lowest BCUT2D eigenvalue weighted by Crippen LogP contribution is -2.46. The number of hydrogen-bond donors (Lipinski definition) is 0. The summed E-state index contributed by atoms with van der Waals surface area (Å²) in [6, 6.07) is 19.2. The van der Waals surface area contributed by atoms with Gasteiger partial charge in [-0.2, -0.15) is 0 Å². The quantitative estimate of drug-likeness (QED) is 0.322. The van der Waals surface area contributed by atoms with Gasteiger partial charge in [0.1, 0.15) is 0 Å². The highest BCUT2D eigenvalue weighted by atomic mass is 79.9. The second-order valence-electron chi connectivity index (χ2n) is 12.9. The molecule has 222 valence electrons. The number of rotatable bonds is 6. The molecule has 0 radical (unpaired) electrons. The maximum Gasteiger partial charge on any atom is 0.229 e. The molecule has 5 nitrogen and oxygen atoms in total. The molecule has 6 rings (SSSR count). The number of carbonyl (C=O) groups is 2. The van der Waals surface area contributed by atoms with Crippen molar-refractivity contribution in [2.24, 2.45) is 17.3 Å². The summed E-state index contributed by atoms with van der Waals surface area (Å²) in [6.07, 6.45) is 9.98. The van der Waals surface area contributed by atoms with Crippen LogP contribution < -0.4 is 0 Å². The Labute approximate surface area is 260 Å². The van der Waals surface area contributed by atoms with Gasteiger partial charge in [0.25, 0.3) is 0 Å². The average molecular weight is 643 g/mol. The number of piperidine rings is 1. The van der Waals surface area contributed by atoms with Gasteiger partial charge in [0.05, 0.1) is 5.41 Å². The van der Waals surface area contributed by atoms with Crippen molar-refractivity contribution in [1.82, 2.24) is 14.7 Å². The van der Waals surface area contributed by atoms with E-state index in [0.29, 0.717) is 30.2 Å². The molecule has 7 heteroatoms. The van der Waals surface area contributed by atoms with Crippen LogP contribution in [-0.2, 0) is 16.1 Å². The first-order chi connectivity index (χ1) is 19.5. The first-order valence-electron chi connectivity index (χ1n) is 15.6. The molecular weight excluding hydrogens is 598 g/mol. The van der Waals surface area contributed by atoms with Crippen LogP contribution in [0.3, 0.4) is 0 Å². The molecule has 0 unspecified atom stereocenters. The lowest BCUT2D eigenvalue weighted by molar-refractivity contribution is -0.139. The topological polar surface area (TPSA) is 43.9 Å². The van der Waals surface area contributed by atoms with Crippen LogP contribution in [0.15, 0.2) is 59.1 Å². The van der Waals surface area contributed by atoms with Crippen LogP contribution >= 0.6 is 28.3 Å². The van der Waals surface area contributed by atoms with Gasteiger partial charge in [-0.25, -0.2) is 0 Å². The van der Waals surface area contributed by atoms with Crippen molar-refractivity contribution in [2.75, 3.05) is 39.3 Å². The van der Waals surface area contributed by atoms with Gasteiger partial charge in [0.2, 0.25) is 11.8 Å². The van der Waals surface area contributed by atoms with Gasteiger partial charge in [-0.15, -0.1) is 12.4 Å². The van der Waals surface area contributed by atoms with E-state index in [2.05, 4.69) is 85.2 Å².